The van der Waals surface area contributed by atoms with Gasteiger partial charge in [-0.1, -0.05) is 42.5 Å². The highest BCUT2D eigenvalue weighted by atomic mass is 16.2. The molecule has 1 atom stereocenters. The molecule has 1 aliphatic rings. The van der Waals surface area contributed by atoms with Gasteiger partial charge in [0.2, 0.25) is 11.8 Å². The molecule has 1 heterocycles. The summed E-state index contributed by atoms with van der Waals surface area (Å²) in [5.41, 5.74) is 4.25. The molecule has 0 bridgehead atoms. The van der Waals surface area contributed by atoms with E-state index in [-0.39, 0.29) is 17.9 Å². The molecule has 0 aliphatic carbocycles. The van der Waals surface area contributed by atoms with Crippen molar-refractivity contribution in [1.82, 2.24) is 15.1 Å². The molecule has 160 valence electrons. The molecule has 0 radical (unpaired) electrons. The number of benzene rings is 2. The molecule has 0 aromatic heterocycles. The number of anilines is 1. The standard InChI is InChI=1S/C24H32N4O2/c1-18-8-7-11-22(19(18)2)26-24(30)17-28-14-12-27(13-15-28)16-23(29)25-20(3)21-9-5-4-6-10-21/h4-11,20H,12-17H2,1-3H3,(H,25,29)(H,26,30)/t20-/m0/s1. The van der Waals surface area contributed by atoms with E-state index >= 15 is 0 Å². The third-order valence-corrected chi connectivity index (χ3v) is 5.76. The molecule has 2 N–H and O–H groups in total. The Bertz CT molecular complexity index is 861. The zero-order valence-electron chi connectivity index (χ0n) is 18.1. The minimum atomic E-state index is -0.00577. The SMILES string of the molecule is Cc1cccc(NC(=O)CN2CCN(CC(=O)N[C@@H](C)c3ccccc3)CC2)c1C. The van der Waals surface area contributed by atoms with Crippen molar-refractivity contribution in [2.24, 2.45) is 0 Å². The summed E-state index contributed by atoms with van der Waals surface area (Å²) in [6.07, 6.45) is 0. The second-order valence-corrected chi connectivity index (χ2v) is 8.05. The maximum Gasteiger partial charge on any atom is 0.238 e. The number of aryl methyl sites for hydroxylation is 1. The van der Waals surface area contributed by atoms with Crippen LogP contribution >= 0.6 is 0 Å². The molecule has 1 saturated heterocycles. The lowest BCUT2D eigenvalue weighted by atomic mass is 10.1. The first-order valence-corrected chi connectivity index (χ1v) is 10.6. The first-order valence-electron chi connectivity index (χ1n) is 10.6. The van der Waals surface area contributed by atoms with Gasteiger partial charge in [-0.15, -0.1) is 0 Å². The van der Waals surface area contributed by atoms with Gasteiger partial charge in [0.05, 0.1) is 19.1 Å². The molecule has 0 saturated carbocycles. The fraction of sp³-hybridized carbons (Fsp3) is 0.417. The second-order valence-electron chi connectivity index (χ2n) is 8.05. The van der Waals surface area contributed by atoms with E-state index in [1.54, 1.807) is 0 Å². The fourth-order valence-corrected chi connectivity index (χ4v) is 3.70. The van der Waals surface area contributed by atoms with Crippen molar-refractivity contribution in [2.75, 3.05) is 44.6 Å². The monoisotopic (exact) mass is 408 g/mol. The number of hydrogen-bond acceptors (Lipinski definition) is 4. The molecule has 6 nitrogen and oxygen atoms in total. The Morgan fingerprint density at radius 2 is 1.47 bits per heavy atom. The number of carbonyl (C=O) groups is 2. The number of nitrogens with zero attached hydrogens (tertiary/aromatic N) is 2. The van der Waals surface area contributed by atoms with Gasteiger partial charge in [0.25, 0.3) is 0 Å². The Kier molecular flexibility index (Phi) is 7.60. The second kappa shape index (κ2) is 10.4. The summed E-state index contributed by atoms with van der Waals surface area (Å²) in [7, 11) is 0. The molecule has 1 fully saturated rings. The highest BCUT2D eigenvalue weighted by molar-refractivity contribution is 5.93. The van der Waals surface area contributed by atoms with Gasteiger partial charge >= 0.3 is 0 Å². The highest BCUT2D eigenvalue weighted by Crippen LogP contribution is 2.18. The van der Waals surface area contributed by atoms with E-state index in [1.165, 1.54) is 5.56 Å². The van der Waals surface area contributed by atoms with Gasteiger partial charge < -0.3 is 10.6 Å². The minimum absolute atomic E-state index is 0.00577. The van der Waals surface area contributed by atoms with Crippen LogP contribution in [0.1, 0.15) is 29.7 Å². The Hall–Kier alpha value is -2.70. The van der Waals surface area contributed by atoms with Crippen molar-refractivity contribution in [2.45, 2.75) is 26.8 Å². The van der Waals surface area contributed by atoms with Crippen molar-refractivity contribution in [3.05, 3.63) is 65.2 Å². The van der Waals surface area contributed by atoms with Crippen LogP contribution in [0.4, 0.5) is 5.69 Å². The summed E-state index contributed by atoms with van der Waals surface area (Å²) in [6.45, 7) is 9.95. The minimum Gasteiger partial charge on any atom is -0.348 e. The molecule has 0 unspecified atom stereocenters. The van der Waals surface area contributed by atoms with Crippen LogP contribution in [0.5, 0.6) is 0 Å². The Balaban J connectivity index is 1.39. The van der Waals surface area contributed by atoms with Gasteiger partial charge in [0.15, 0.2) is 0 Å². The van der Waals surface area contributed by atoms with Crippen LogP contribution in [-0.4, -0.2) is 60.9 Å². The van der Waals surface area contributed by atoms with Crippen molar-refractivity contribution in [1.29, 1.82) is 0 Å². The van der Waals surface area contributed by atoms with Gasteiger partial charge in [-0.05, 0) is 43.5 Å². The maximum atomic E-state index is 12.4. The number of rotatable bonds is 7. The van der Waals surface area contributed by atoms with Crippen molar-refractivity contribution in [3.63, 3.8) is 0 Å². The Labute approximate surface area is 179 Å². The summed E-state index contributed by atoms with van der Waals surface area (Å²) in [4.78, 5) is 29.1. The third-order valence-electron chi connectivity index (χ3n) is 5.76. The number of piperazine rings is 1. The highest BCUT2D eigenvalue weighted by Gasteiger charge is 2.21. The molecule has 2 aromatic rings. The zero-order chi connectivity index (χ0) is 21.5. The molecule has 3 rings (SSSR count). The third kappa shape index (κ3) is 6.15. The van der Waals surface area contributed by atoms with Gasteiger partial charge in [-0.25, -0.2) is 0 Å². The van der Waals surface area contributed by atoms with Gasteiger partial charge in [-0.2, -0.15) is 0 Å². The van der Waals surface area contributed by atoms with Crippen molar-refractivity contribution in [3.8, 4) is 0 Å². The van der Waals surface area contributed by atoms with Crippen LogP contribution in [-0.2, 0) is 9.59 Å². The molecule has 0 spiro atoms. The molecule has 2 amide bonds. The van der Waals surface area contributed by atoms with Crippen LogP contribution in [0.3, 0.4) is 0 Å². The summed E-state index contributed by atoms with van der Waals surface area (Å²) in [6, 6.07) is 15.9. The van der Waals surface area contributed by atoms with Gasteiger partial charge in [0.1, 0.15) is 0 Å². The quantitative estimate of drug-likeness (QED) is 0.739. The molecule has 6 heteroatoms. The lowest BCUT2D eigenvalue weighted by Gasteiger charge is -2.34. The molecule has 2 aromatic carbocycles. The first kappa shape index (κ1) is 22.0. The van der Waals surface area contributed by atoms with E-state index in [4.69, 9.17) is 0 Å². The number of carbonyl (C=O) groups excluding carboxylic acids is 2. The summed E-state index contributed by atoms with van der Waals surface area (Å²) in [5, 5.41) is 6.09. The van der Waals surface area contributed by atoms with Crippen molar-refractivity contribution < 1.29 is 9.59 Å². The largest absolute Gasteiger partial charge is 0.348 e. The summed E-state index contributed by atoms with van der Waals surface area (Å²) < 4.78 is 0. The average molecular weight is 409 g/mol. The molecule has 30 heavy (non-hydrogen) atoms. The number of hydrogen-bond donors (Lipinski definition) is 2. The van der Waals surface area contributed by atoms with Gasteiger partial charge in [-0.3, -0.25) is 19.4 Å². The van der Waals surface area contributed by atoms with Crippen LogP contribution in [0, 0.1) is 13.8 Å². The predicted octanol–water partition coefficient (Wildman–Crippen LogP) is 2.74. The fourth-order valence-electron chi connectivity index (χ4n) is 3.70. The Morgan fingerprint density at radius 1 is 0.867 bits per heavy atom. The van der Waals surface area contributed by atoms with Crippen LogP contribution < -0.4 is 10.6 Å². The van der Waals surface area contributed by atoms with Crippen LogP contribution in [0.2, 0.25) is 0 Å². The van der Waals surface area contributed by atoms with E-state index in [1.807, 2.05) is 69.3 Å². The van der Waals surface area contributed by atoms with E-state index in [2.05, 4.69) is 20.4 Å². The predicted molar refractivity (Wildman–Crippen MR) is 120 cm³/mol. The van der Waals surface area contributed by atoms with E-state index in [9.17, 15) is 9.59 Å². The first-order chi connectivity index (χ1) is 14.4. The Morgan fingerprint density at radius 3 is 2.10 bits per heavy atom. The van der Waals surface area contributed by atoms with E-state index in [0.29, 0.717) is 13.1 Å². The molecule has 1 aliphatic heterocycles. The lowest BCUT2D eigenvalue weighted by Crippen LogP contribution is -2.51. The zero-order valence-corrected chi connectivity index (χ0v) is 18.1. The number of nitrogens with one attached hydrogen (secondary N) is 2. The van der Waals surface area contributed by atoms with Crippen molar-refractivity contribution >= 4 is 17.5 Å². The normalized spacial score (nSPS) is 16.1. The summed E-state index contributed by atoms with van der Waals surface area (Å²) >= 11 is 0. The smallest absolute Gasteiger partial charge is 0.238 e. The molecular weight excluding hydrogens is 376 g/mol. The van der Waals surface area contributed by atoms with E-state index < -0.39 is 0 Å². The van der Waals surface area contributed by atoms with Crippen LogP contribution in [0.15, 0.2) is 48.5 Å². The summed E-state index contributed by atoms with van der Waals surface area (Å²) in [5.74, 6) is 0.0408. The maximum absolute atomic E-state index is 12.4. The van der Waals surface area contributed by atoms with Gasteiger partial charge in [0, 0.05) is 31.9 Å². The average Bonchev–Trinajstić information content (AvgIpc) is 2.73. The topological polar surface area (TPSA) is 64.7 Å². The number of amides is 2. The van der Waals surface area contributed by atoms with E-state index in [0.717, 1.165) is 43.0 Å². The lowest BCUT2D eigenvalue weighted by molar-refractivity contribution is -0.124. The molecular formula is C24H32N4O2. The van der Waals surface area contributed by atoms with Crippen LogP contribution in [0.25, 0.3) is 0 Å².